The van der Waals surface area contributed by atoms with Gasteiger partial charge in [-0.15, -0.1) is 11.3 Å². The molecule has 4 aromatic heterocycles. The summed E-state index contributed by atoms with van der Waals surface area (Å²) in [6.45, 7) is 3.99. The number of nitrogens with zero attached hydrogens (tertiary/aromatic N) is 4. The lowest BCUT2D eigenvalue weighted by molar-refractivity contribution is -0.125. The van der Waals surface area contributed by atoms with Crippen molar-refractivity contribution in [1.29, 1.82) is 0 Å². The molecule has 5 rings (SSSR count). The molecule has 1 aliphatic carbocycles. The summed E-state index contributed by atoms with van der Waals surface area (Å²) in [5, 5.41) is 11.8. The van der Waals surface area contributed by atoms with E-state index in [1.807, 2.05) is 32.2 Å². The minimum Gasteiger partial charge on any atom is -0.492 e. The lowest BCUT2D eigenvalue weighted by atomic mass is 9.87. The number of fused-ring (bicyclic) bond motifs is 4. The number of rotatable bonds is 5. The first-order chi connectivity index (χ1) is 15.0. The van der Waals surface area contributed by atoms with Gasteiger partial charge in [0.2, 0.25) is 5.91 Å². The van der Waals surface area contributed by atoms with Crippen molar-refractivity contribution in [3.05, 3.63) is 41.3 Å². The second-order valence-electron chi connectivity index (χ2n) is 8.06. The summed E-state index contributed by atoms with van der Waals surface area (Å²) in [6.07, 6.45) is 7.63. The molecule has 8 nitrogen and oxygen atoms in total. The summed E-state index contributed by atoms with van der Waals surface area (Å²) in [7, 11) is 1.65. The van der Waals surface area contributed by atoms with Crippen LogP contribution in [0.1, 0.15) is 30.7 Å². The van der Waals surface area contributed by atoms with Crippen LogP contribution >= 0.6 is 11.3 Å². The van der Waals surface area contributed by atoms with E-state index in [2.05, 4.69) is 25.7 Å². The van der Waals surface area contributed by atoms with Gasteiger partial charge in [0, 0.05) is 23.0 Å². The van der Waals surface area contributed by atoms with Crippen molar-refractivity contribution < 1.29 is 9.53 Å². The summed E-state index contributed by atoms with van der Waals surface area (Å²) < 4.78 is 7.43. The predicted octanol–water partition coefficient (Wildman–Crippen LogP) is 3.72. The van der Waals surface area contributed by atoms with Gasteiger partial charge in [-0.25, -0.2) is 14.5 Å². The lowest BCUT2D eigenvalue weighted by Gasteiger charge is -2.23. The molecule has 0 aliphatic heterocycles. The first-order valence-corrected chi connectivity index (χ1v) is 11.2. The Morgan fingerprint density at radius 2 is 2.19 bits per heavy atom. The molecule has 0 spiro atoms. The fourth-order valence-electron chi connectivity index (χ4n) is 4.24. The third-order valence-corrected chi connectivity index (χ3v) is 6.80. The first kappa shape index (κ1) is 19.7. The van der Waals surface area contributed by atoms with E-state index in [0.29, 0.717) is 5.75 Å². The number of aromatic nitrogens is 4. The van der Waals surface area contributed by atoms with E-state index in [9.17, 15) is 4.79 Å². The predicted molar refractivity (Wildman–Crippen MR) is 121 cm³/mol. The number of amides is 1. The highest BCUT2D eigenvalue weighted by Crippen LogP contribution is 2.41. The Labute approximate surface area is 183 Å². The highest BCUT2D eigenvalue weighted by atomic mass is 32.1. The van der Waals surface area contributed by atoms with Gasteiger partial charge >= 0.3 is 0 Å². The fourth-order valence-corrected chi connectivity index (χ4v) is 5.51. The number of carbonyl (C=O) groups is 1. The molecule has 1 amide bonds. The number of pyridine rings is 1. The van der Waals surface area contributed by atoms with Crippen LogP contribution in [0, 0.1) is 5.92 Å². The lowest BCUT2D eigenvalue weighted by Crippen LogP contribution is -2.37. The Morgan fingerprint density at radius 1 is 1.32 bits per heavy atom. The van der Waals surface area contributed by atoms with Crippen LogP contribution < -0.4 is 15.4 Å². The van der Waals surface area contributed by atoms with Crippen LogP contribution in [0.4, 0.5) is 11.5 Å². The summed E-state index contributed by atoms with van der Waals surface area (Å²) >= 11 is 1.66. The van der Waals surface area contributed by atoms with E-state index < -0.39 is 0 Å². The minimum atomic E-state index is 0.0108. The Kier molecular flexibility index (Phi) is 4.97. The van der Waals surface area contributed by atoms with Crippen LogP contribution in [-0.2, 0) is 17.6 Å². The zero-order valence-electron chi connectivity index (χ0n) is 17.7. The second-order valence-corrected chi connectivity index (χ2v) is 9.14. The molecule has 1 aliphatic rings. The molecule has 0 unspecified atom stereocenters. The molecule has 4 aromatic rings. The van der Waals surface area contributed by atoms with Gasteiger partial charge in [-0.05, 0) is 50.8 Å². The Balaban J connectivity index is 1.51. The Hall–Kier alpha value is -3.20. The van der Waals surface area contributed by atoms with Crippen LogP contribution in [0.5, 0.6) is 5.75 Å². The summed E-state index contributed by atoms with van der Waals surface area (Å²) in [6, 6.07) is 3.99. The molecule has 31 heavy (non-hydrogen) atoms. The Morgan fingerprint density at radius 3 is 3.00 bits per heavy atom. The van der Waals surface area contributed by atoms with Crippen LogP contribution in [0.25, 0.3) is 15.7 Å². The maximum Gasteiger partial charge on any atom is 0.223 e. The first-order valence-electron chi connectivity index (χ1n) is 10.4. The van der Waals surface area contributed by atoms with E-state index >= 15 is 0 Å². The van der Waals surface area contributed by atoms with Crippen molar-refractivity contribution in [1.82, 2.24) is 24.9 Å². The van der Waals surface area contributed by atoms with Gasteiger partial charge in [-0.2, -0.15) is 5.10 Å². The van der Waals surface area contributed by atoms with Crippen molar-refractivity contribution in [3.8, 4) is 5.75 Å². The smallest absolute Gasteiger partial charge is 0.223 e. The maximum absolute atomic E-state index is 12.5. The molecule has 160 valence electrons. The number of nitrogens with one attached hydrogen (secondary N) is 2. The highest BCUT2D eigenvalue weighted by molar-refractivity contribution is 7.19. The third-order valence-electron chi connectivity index (χ3n) is 5.63. The van der Waals surface area contributed by atoms with Gasteiger partial charge in [-0.1, -0.05) is 0 Å². The highest BCUT2D eigenvalue weighted by Gasteiger charge is 2.29. The molecule has 0 bridgehead atoms. The van der Waals surface area contributed by atoms with E-state index in [0.717, 1.165) is 46.5 Å². The largest absolute Gasteiger partial charge is 0.492 e. The average molecular weight is 437 g/mol. The van der Waals surface area contributed by atoms with Gasteiger partial charge < -0.3 is 15.4 Å². The van der Waals surface area contributed by atoms with Gasteiger partial charge in [0.05, 0.1) is 24.4 Å². The standard InChI is InChI=1S/C22H24N6O2S/c1-12(2)26-21(29)13-4-5-14-17(10-13)31-22-18(14)20(23-11-24-22)27-15-7-9-28-16(6-8-25-28)19(15)30-3/h6-9,11-13H,4-5,10H2,1-3H3,(H,26,29)(H,23,24,27)/t13-/m0/s1. The van der Waals surface area contributed by atoms with Crippen LogP contribution in [0.3, 0.4) is 0 Å². The van der Waals surface area contributed by atoms with Crippen molar-refractivity contribution in [2.24, 2.45) is 5.92 Å². The summed E-state index contributed by atoms with van der Waals surface area (Å²) in [5.74, 6) is 1.62. The monoisotopic (exact) mass is 436 g/mol. The van der Waals surface area contributed by atoms with E-state index in [-0.39, 0.29) is 17.9 Å². The van der Waals surface area contributed by atoms with Crippen molar-refractivity contribution in [3.63, 3.8) is 0 Å². The number of ether oxygens (including phenoxy) is 1. The topological polar surface area (TPSA) is 93.4 Å². The zero-order chi connectivity index (χ0) is 21.5. The number of aryl methyl sites for hydroxylation is 1. The number of hydrogen-bond donors (Lipinski definition) is 2. The SMILES string of the molecule is COc1c(Nc2ncnc3sc4c(c23)CC[C@H](C(=O)NC(C)C)C4)ccn2nccc12. The van der Waals surface area contributed by atoms with Gasteiger partial charge in [0.15, 0.2) is 5.75 Å². The normalized spacial score (nSPS) is 15.9. The fraction of sp³-hybridized carbons (Fsp3) is 0.364. The average Bonchev–Trinajstić information content (AvgIpc) is 3.37. The molecule has 2 N–H and O–H groups in total. The van der Waals surface area contributed by atoms with Gasteiger partial charge in [0.1, 0.15) is 22.5 Å². The number of methoxy groups -OCH3 is 1. The molecule has 0 aromatic carbocycles. The van der Waals surface area contributed by atoms with Gasteiger partial charge in [0.25, 0.3) is 0 Å². The summed E-state index contributed by atoms with van der Waals surface area (Å²) in [4.78, 5) is 23.8. The molecule has 1 atom stereocenters. The third kappa shape index (κ3) is 3.48. The van der Waals surface area contributed by atoms with E-state index in [4.69, 9.17) is 4.74 Å². The van der Waals surface area contributed by atoms with E-state index in [1.54, 1.807) is 35.5 Å². The molecule has 0 saturated carbocycles. The van der Waals surface area contributed by atoms with Crippen molar-refractivity contribution in [2.45, 2.75) is 39.2 Å². The van der Waals surface area contributed by atoms with Crippen LogP contribution in [0.2, 0.25) is 0 Å². The second kappa shape index (κ2) is 7.81. The zero-order valence-corrected chi connectivity index (χ0v) is 18.5. The molecular weight excluding hydrogens is 412 g/mol. The summed E-state index contributed by atoms with van der Waals surface area (Å²) in [5.41, 5.74) is 2.95. The number of thiophene rings is 1. The molecular formula is C22H24N6O2S. The van der Waals surface area contributed by atoms with Gasteiger partial charge in [-0.3, -0.25) is 4.79 Å². The van der Waals surface area contributed by atoms with E-state index in [1.165, 1.54) is 10.4 Å². The van der Waals surface area contributed by atoms with Crippen LogP contribution in [0.15, 0.2) is 30.9 Å². The number of anilines is 2. The molecule has 0 fully saturated rings. The molecule has 0 saturated heterocycles. The van der Waals surface area contributed by atoms with Crippen LogP contribution in [-0.4, -0.2) is 38.6 Å². The van der Waals surface area contributed by atoms with Crippen molar-refractivity contribution >= 4 is 44.5 Å². The molecule has 9 heteroatoms. The number of hydrogen-bond acceptors (Lipinski definition) is 7. The number of carbonyl (C=O) groups excluding carboxylic acids is 1. The Bertz CT molecular complexity index is 1280. The molecule has 0 radical (unpaired) electrons. The van der Waals surface area contributed by atoms with Crippen molar-refractivity contribution in [2.75, 3.05) is 12.4 Å². The quantitative estimate of drug-likeness (QED) is 0.495. The maximum atomic E-state index is 12.5. The minimum absolute atomic E-state index is 0.0108. The molecule has 4 heterocycles.